The number of hydrogen-bond donors (Lipinski definition) is 0. The SMILES string of the molecule is CC(C)CCC(=O)OCC(=O)OCC[C@H]1C[C@H]2[C@@H]3CCC4=CC(=O)CC[C@@H]4[C@H]3CC[C@]2(C)C1. The van der Waals surface area contributed by atoms with Gasteiger partial charge in [-0.3, -0.25) is 9.59 Å². The van der Waals surface area contributed by atoms with Crippen LogP contribution in [0.25, 0.3) is 0 Å². The topological polar surface area (TPSA) is 69.7 Å². The van der Waals surface area contributed by atoms with E-state index >= 15 is 0 Å². The van der Waals surface area contributed by atoms with Crippen LogP contribution >= 0.6 is 0 Å². The Morgan fingerprint density at radius 1 is 1.09 bits per heavy atom. The summed E-state index contributed by atoms with van der Waals surface area (Å²) in [7, 11) is 0. The summed E-state index contributed by atoms with van der Waals surface area (Å²) >= 11 is 0. The molecule has 0 aromatic carbocycles. The largest absolute Gasteiger partial charge is 0.463 e. The van der Waals surface area contributed by atoms with Crippen LogP contribution in [0.2, 0.25) is 0 Å². The zero-order chi connectivity index (χ0) is 23.6. The standard InChI is InChI=1S/C28H42O5/c1-18(2)4-9-26(30)33-17-27(31)32-13-11-19-14-25-24-7-5-20-15-21(29)6-8-22(20)23(24)10-12-28(25,3)16-19/h15,18-19,22-25H,4-14,16-17H2,1-3H3/t19-,22-,23+,24+,25-,28+/m0/s1. The van der Waals surface area contributed by atoms with Gasteiger partial charge in [0.1, 0.15) is 0 Å². The lowest BCUT2D eigenvalue weighted by Crippen LogP contribution is -2.44. The van der Waals surface area contributed by atoms with Crippen LogP contribution in [0.5, 0.6) is 0 Å². The van der Waals surface area contributed by atoms with Crippen LogP contribution < -0.4 is 0 Å². The molecule has 0 radical (unpaired) electrons. The maximum Gasteiger partial charge on any atom is 0.344 e. The fraction of sp³-hybridized carbons (Fsp3) is 0.821. The van der Waals surface area contributed by atoms with Gasteiger partial charge in [-0.25, -0.2) is 4.79 Å². The normalized spacial score (nSPS) is 35.3. The van der Waals surface area contributed by atoms with Gasteiger partial charge in [0.15, 0.2) is 12.4 Å². The van der Waals surface area contributed by atoms with Crippen LogP contribution in [0, 0.1) is 40.9 Å². The Labute approximate surface area is 199 Å². The van der Waals surface area contributed by atoms with Crippen LogP contribution in [-0.2, 0) is 23.9 Å². The van der Waals surface area contributed by atoms with Crippen molar-refractivity contribution in [2.24, 2.45) is 40.9 Å². The first kappa shape index (κ1) is 24.5. The maximum absolute atomic E-state index is 12.0. The van der Waals surface area contributed by atoms with Crippen molar-refractivity contribution in [1.82, 2.24) is 0 Å². The Morgan fingerprint density at radius 3 is 2.70 bits per heavy atom. The molecule has 0 unspecified atom stereocenters. The molecule has 0 aliphatic heterocycles. The highest BCUT2D eigenvalue weighted by atomic mass is 16.6. The Kier molecular flexibility index (Phi) is 7.65. The summed E-state index contributed by atoms with van der Waals surface area (Å²) in [6, 6.07) is 0. The summed E-state index contributed by atoms with van der Waals surface area (Å²) < 4.78 is 10.4. The molecule has 4 aliphatic carbocycles. The molecule has 0 heterocycles. The van der Waals surface area contributed by atoms with Crippen molar-refractivity contribution in [3.63, 3.8) is 0 Å². The van der Waals surface area contributed by atoms with Crippen LogP contribution in [0.3, 0.4) is 0 Å². The van der Waals surface area contributed by atoms with Crippen molar-refractivity contribution in [2.75, 3.05) is 13.2 Å². The molecule has 3 fully saturated rings. The van der Waals surface area contributed by atoms with Gasteiger partial charge in [0.25, 0.3) is 0 Å². The first-order valence-electron chi connectivity index (χ1n) is 13.3. The van der Waals surface area contributed by atoms with Gasteiger partial charge in [0, 0.05) is 12.8 Å². The zero-order valence-corrected chi connectivity index (χ0v) is 20.8. The van der Waals surface area contributed by atoms with Crippen molar-refractivity contribution < 1.29 is 23.9 Å². The summed E-state index contributed by atoms with van der Waals surface area (Å²) in [4.78, 5) is 35.6. The van der Waals surface area contributed by atoms with E-state index in [9.17, 15) is 14.4 Å². The lowest BCUT2D eigenvalue weighted by Gasteiger charge is -2.52. The van der Waals surface area contributed by atoms with Crippen LogP contribution in [0.15, 0.2) is 11.6 Å². The minimum atomic E-state index is -0.437. The second kappa shape index (κ2) is 10.3. The van der Waals surface area contributed by atoms with E-state index in [1.165, 1.54) is 37.7 Å². The molecule has 33 heavy (non-hydrogen) atoms. The molecule has 6 atom stereocenters. The van der Waals surface area contributed by atoms with E-state index < -0.39 is 5.97 Å². The second-order valence-electron chi connectivity index (χ2n) is 11.9. The Bertz CT molecular complexity index is 783. The maximum atomic E-state index is 12.0. The Balaban J connectivity index is 1.22. The molecule has 0 N–H and O–H groups in total. The second-order valence-corrected chi connectivity index (χ2v) is 11.9. The average molecular weight is 459 g/mol. The lowest BCUT2D eigenvalue weighted by atomic mass is 9.52. The number of carbonyl (C=O) groups excluding carboxylic acids is 3. The van der Waals surface area contributed by atoms with Crippen molar-refractivity contribution >= 4 is 17.7 Å². The minimum absolute atomic E-state index is 0.272. The Hall–Kier alpha value is -1.65. The van der Waals surface area contributed by atoms with Crippen molar-refractivity contribution in [3.05, 3.63) is 11.6 Å². The number of ether oxygens (including phenoxy) is 2. The summed E-state index contributed by atoms with van der Waals surface area (Å²) in [5, 5.41) is 0. The molecular formula is C28H42O5. The number of esters is 2. The average Bonchev–Trinajstić information content (AvgIpc) is 3.12. The monoisotopic (exact) mass is 458 g/mol. The van der Waals surface area contributed by atoms with Gasteiger partial charge in [-0.2, -0.15) is 0 Å². The molecular weight excluding hydrogens is 416 g/mol. The molecule has 0 amide bonds. The molecule has 5 nitrogen and oxygen atoms in total. The summed E-state index contributed by atoms with van der Waals surface area (Å²) in [6.45, 7) is 6.75. The van der Waals surface area contributed by atoms with E-state index in [0.29, 0.717) is 42.0 Å². The molecule has 0 aromatic rings. The van der Waals surface area contributed by atoms with Crippen LogP contribution in [0.1, 0.15) is 91.4 Å². The molecule has 0 bridgehead atoms. The van der Waals surface area contributed by atoms with E-state index in [0.717, 1.165) is 49.9 Å². The van der Waals surface area contributed by atoms with Crippen molar-refractivity contribution in [1.29, 1.82) is 0 Å². The summed E-state index contributed by atoms with van der Waals surface area (Å²) in [5.41, 5.74) is 1.86. The van der Waals surface area contributed by atoms with Gasteiger partial charge >= 0.3 is 11.9 Å². The van der Waals surface area contributed by atoms with Crippen molar-refractivity contribution in [3.8, 4) is 0 Å². The predicted octanol–water partition coefficient (Wildman–Crippen LogP) is 5.66. The third kappa shape index (κ3) is 5.71. The number of carbonyl (C=O) groups is 3. The minimum Gasteiger partial charge on any atom is -0.463 e. The fourth-order valence-corrected chi connectivity index (χ4v) is 7.61. The Morgan fingerprint density at radius 2 is 1.91 bits per heavy atom. The molecule has 5 heteroatoms. The lowest BCUT2D eigenvalue weighted by molar-refractivity contribution is -0.159. The van der Waals surface area contributed by atoms with E-state index in [1.54, 1.807) is 0 Å². The van der Waals surface area contributed by atoms with Crippen molar-refractivity contribution in [2.45, 2.75) is 91.4 Å². The predicted molar refractivity (Wildman–Crippen MR) is 126 cm³/mol. The highest BCUT2D eigenvalue weighted by molar-refractivity contribution is 5.91. The molecule has 184 valence electrons. The first-order valence-corrected chi connectivity index (χ1v) is 13.3. The molecule has 4 aliphatic rings. The van der Waals surface area contributed by atoms with Gasteiger partial charge in [-0.1, -0.05) is 26.3 Å². The highest BCUT2D eigenvalue weighted by Crippen LogP contribution is 2.63. The third-order valence-corrected chi connectivity index (χ3v) is 9.23. The highest BCUT2D eigenvalue weighted by Gasteiger charge is 2.54. The smallest absolute Gasteiger partial charge is 0.344 e. The fourth-order valence-electron chi connectivity index (χ4n) is 7.61. The van der Waals surface area contributed by atoms with Gasteiger partial charge < -0.3 is 9.47 Å². The van der Waals surface area contributed by atoms with Gasteiger partial charge in [-0.15, -0.1) is 0 Å². The molecule has 0 spiro atoms. The van der Waals surface area contributed by atoms with Gasteiger partial charge in [-0.05, 0) is 105 Å². The van der Waals surface area contributed by atoms with E-state index in [4.69, 9.17) is 9.47 Å². The van der Waals surface area contributed by atoms with Crippen LogP contribution in [-0.4, -0.2) is 30.9 Å². The quantitative estimate of drug-likeness (QED) is 0.439. The summed E-state index contributed by atoms with van der Waals surface area (Å²) in [5.74, 6) is 3.58. The number of hydrogen-bond acceptors (Lipinski definition) is 5. The first-order chi connectivity index (χ1) is 15.7. The third-order valence-electron chi connectivity index (χ3n) is 9.23. The number of ketones is 1. The molecule has 0 aromatic heterocycles. The van der Waals surface area contributed by atoms with Crippen LogP contribution in [0.4, 0.5) is 0 Å². The van der Waals surface area contributed by atoms with Gasteiger partial charge in [0.05, 0.1) is 6.61 Å². The van der Waals surface area contributed by atoms with E-state index in [1.807, 2.05) is 6.08 Å². The zero-order valence-electron chi connectivity index (χ0n) is 20.8. The molecule has 4 rings (SSSR count). The summed E-state index contributed by atoms with van der Waals surface area (Å²) in [6.07, 6.45) is 13.2. The van der Waals surface area contributed by atoms with E-state index in [2.05, 4.69) is 20.8 Å². The molecule has 0 saturated heterocycles. The number of fused-ring (bicyclic) bond motifs is 5. The number of allylic oxidation sites excluding steroid dienone is 1. The molecule has 3 saturated carbocycles. The number of rotatable bonds is 8. The van der Waals surface area contributed by atoms with E-state index in [-0.39, 0.29) is 12.6 Å². The van der Waals surface area contributed by atoms with Gasteiger partial charge in [0.2, 0.25) is 0 Å².